The summed E-state index contributed by atoms with van der Waals surface area (Å²) >= 11 is 0. The third kappa shape index (κ3) is 8.55. The van der Waals surface area contributed by atoms with Gasteiger partial charge in [-0.25, -0.2) is 18.4 Å². The van der Waals surface area contributed by atoms with E-state index in [9.17, 15) is 13.2 Å². The first-order chi connectivity index (χ1) is 10.1. The van der Waals surface area contributed by atoms with E-state index in [-0.39, 0.29) is 11.8 Å². The summed E-state index contributed by atoms with van der Waals surface area (Å²) < 4.78 is 27.0. The van der Waals surface area contributed by atoms with Crippen LogP contribution in [0.2, 0.25) is 0 Å². The summed E-state index contributed by atoms with van der Waals surface area (Å²) in [5.74, 6) is 0.366. The second-order valence-corrected chi connectivity index (χ2v) is 8.59. The number of amides is 1. The number of nitrogens with two attached hydrogens (primary N) is 1. The number of carbonyl (C=O) groups excluding carboxylic acids is 1. The van der Waals surface area contributed by atoms with Crippen molar-refractivity contribution in [2.75, 3.05) is 31.9 Å². The summed E-state index contributed by atoms with van der Waals surface area (Å²) in [4.78, 5) is 13.8. The quantitative estimate of drug-likeness (QED) is 0.702. The molecular formula is C14H29N3O4S. The highest BCUT2D eigenvalue weighted by Crippen LogP contribution is 2.18. The Morgan fingerprint density at radius 1 is 1.41 bits per heavy atom. The van der Waals surface area contributed by atoms with Gasteiger partial charge in [-0.2, -0.15) is 0 Å². The molecule has 0 radical (unpaired) electrons. The van der Waals surface area contributed by atoms with Crippen LogP contribution in [0.15, 0.2) is 0 Å². The van der Waals surface area contributed by atoms with Crippen molar-refractivity contribution in [3.63, 3.8) is 0 Å². The van der Waals surface area contributed by atoms with Crippen LogP contribution >= 0.6 is 0 Å². The Morgan fingerprint density at radius 3 is 2.68 bits per heavy atom. The lowest BCUT2D eigenvalue weighted by atomic mass is 9.98. The molecule has 0 aromatic carbocycles. The lowest BCUT2D eigenvalue weighted by Crippen LogP contribution is -2.45. The lowest BCUT2D eigenvalue weighted by molar-refractivity contribution is 0.0166. The van der Waals surface area contributed by atoms with E-state index in [4.69, 9.17) is 9.88 Å². The molecule has 1 saturated heterocycles. The maximum absolute atomic E-state index is 12.0. The van der Waals surface area contributed by atoms with Gasteiger partial charge in [0, 0.05) is 13.1 Å². The van der Waals surface area contributed by atoms with Gasteiger partial charge in [-0.15, -0.1) is 0 Å². The van der Waals surface area contributed by atoms with Crippen molar-refractivity contribution in [3.05, 3.63) is 0 Å². The second kappa shape index (κ2) is 8.12. The molecule has 0 saturated carbocycles. The molecule has 1 aliphatic heterocycles. The Morgan fingerprint density at radius 2 is 2.09 bits per heavy atom. The first-order valence-electron chi connectivity index (χ1n) is 7.76. The number of sulfonamides is 1. The first kappa shape index (κ1) is 19.2. The molecule has 8 heteroatoms. The van der Waals surface area contributed by atoms with Gasteiger partial charge in [-0.05, 0) is 59.0 Å². The van der Waals surface area contributed by atoms with Crippen molar-refractivity contribution < 1.29 is 17.9 Å². The lowest BCUT2D eigenvalue weighted by Gasteiger charge is -2.34. The molecule has 1 aliphatic rings. The van der Waals surface area contributed by atoms with Crippen molar-refractivity contribution in [2.24, 2.45) is 11.1 Å². The first-order valence-corrected chi connectivity index (χ1v) is 9.47. The molecular weight excluding hydrogens is 306 g/mol. The number of primary sulfonamides is 1. The van der Waals surface area contributed by atoms with E-state index < -0.39 is 15.6 Å². The molecule has 1 atom stereocenters. The maximum atomic E-state index is 12.0. The summed E-state index contributed by atoms with van der Waals surface area (Å²) in [5, 5.41) is 8.19. The highest BCUT2D eigenvalue weighted by molar-refractivity contribution is 7.89. The largest absolute Gasteiger partial charge is 0.444 e. The van der Waals surface area contributed by atoms with Crippen molar-refractivity contribution >= 4 is 16.1 Å². The number of nitrogens with zero attached hydrogens (tertiary/aromatic N) is 1. The maximum Gasteiger partial charge on any atom is 0.410 e. The zero-order valence-electron chi connectivity index (χ0n) is 13.8. The standard InChI is InChI=1S/C14H29N3O4S/c1-14(2,3)21-13(18)17-8-4-6-12(11-17)10-16-7-5-9-22(15,19)20/h12,16H,4-11H2,1-3H3,(H2,15,19,20). The number of carbonyl (C=O) groups is 1. The van der Waals surface area contributed by atoms with Crippen LogP contribution in [0.1, 0.15) is 40.0 Å². The normalized spacial score (nSPS) is 20.0. The van der Waals surface area contributed by atoms with Crippen LogP contribution in [0.25, 0.3) is 0 Å². The molecule has 130 valence electrons. The Balaban J connectivity index is 2.27. The van der Waals surface area contributed by atoms with Crippen LogP contribution < -0.4 is 10.5 Å². The molecule has 1 unspecified atom stereocenters. The highest BCUT2D eigenvalue weighted by Gasteiger charge is 2.27. The molecule has 0 aromatic heterocycles. The van der Waals surface area contributed by atoms with Gasteiger partial charge in [0.2, 0.25) is 10.0 Å². The van der Waals surface area contributed by atoms with Crippen LogP contribution in [0.4, 0.5) is 4.79 Å². The van der Waals surface area contributed by atoms with Crippen molar-refractivity contribution in [3.8, 4) is 0 Å². The third-order valence-corrected chi connectivity index (χ3v) is 4.24. The average Bonchev–Trinajstić information content (AvgIpc) is 2.35. The van der Waals surface area contributed by atoms with Crippen molar-refractivity contribution in [2.45, 2.75) is 45.6 Å². The van der Waals surface area contributed by atoms with Gasteiger partial charge in [-0.3, -0.25) is 0 Å². The number of likely N-dealkylation sites (tertiary alicyclic amines) is 1. The zero-order valence-corrected chi connectivity index (χ0v) is 14.6. The van der Waals surface area contributed by atoms with E-state index in [0.717, 1.165) is 25.9 Å². The predicted octanol–water partition coefficient (Wildman–Crippen LogP) is 0.902. The summed E-state index contributed by atoms with van der Waals surface area (Å²) in [5.41, 5.74) is -0.476. The minimum Gasteiger partial charge on any atom is -0.444 e. The van der Waals surface area contributed by atoms with Gasteiger partial charge in [0.15, 0.2) is 0 Å². The molecule has 0 bridgehead atoms. The summed E-state index contributed by atoms with van der Waals surface area (Å²) in [6.45, 7) is 8.37. The molecule has 1 fully saturated rings. The summed E-state index contributed by atoms with van der Waals surface area (Å²) in [6.07, 6.45) is 2.26. The number of nitrogens with one attached hydrogen (secondary N) is 1. The number of piperidine rings is 1. The molecule has 3 N–H and O–H groups in total. The van der Waals surface area contributed by atoms with Crippen molar-refractivity contribution in [1.29, 1.82) is 0 Å². The van der Waals surface area contributed by atoms with E-state index in [2.05, 4.69) is 5.32 Å². The van der Waals surface area contributed by atoms with Crippen LogP contribution in [0.5, 0.6) is 0 Å². The number of ether oxygens (including phenoxy) is 1. The number of hydrogen-bond acceptors (Lipinski definition) is 5. The van der Waals surface area contributed by atoms with Crippen molar-refractivity contribution in [1.82, 2.24) is 10.2 Å². The SMILES string of the molecule is CC(C)(C)OC(=O)N1CCCC(CNCCCS(N)(=O)=O)C1. The van der Waals surface area contributed by atoms with Crippen LogP contribution in [0.3, 0.4) is 0 Å². The van der Waals surface area contributed by atoms with Gasteiger partial charge in [0.25, 0.3) is 0 Å². The van der Waals surface area contributed by atoms with Gasteiger partial charge in [-0.1, -0.05) is 0 Å². The molecule has 0 spiro atoms. The number of hydrogen-bond donors (Lipinski definition) is 2. The fraction of sp³-hybridized carbons (Fsp3) is 0.929. The Labute approximate surface area is 133 Å². The molecule has 1 rings (SSSR count). The van der Waals surface area contributed by atoms with Gasteiger partial charge in [0.1, 0.15) is 5.60 Å². The molecule has 22 heavy (non-hydrogen) atoms. The molecule has 1 heterocycles. The number of rotatable bonds is 6. The van der Waals surface area contributed by atoms with E-state index in [0.29, 0.717) is 25.4 Å². The van der Waals surface area contributed by atoms with Crippen LogP contribution in [-0.2, 0) is 14.8 Å². The minimum absolute atomic E-state index is 0.00526. The van der Waals surface area contributed by atoms with E-state index >= 15 is 0 Å². The van der Waals surface area contributed by atoms with Crippen LogP contribution in [0, 0.1) is 5.92 Å². The van der Waals surface area contributed by atoms with Gasteiger partial charge < -0.3 is 15.0 Å². The predicted molar refractivity (Wildman–Crippen MR) is 86.0 cm³/mol. The van der Waals surface area contributed by atoms with E-state index in [1.165, 1.54) is 0 Å². The zero-order chi connectivity index (χ0) is 16.8. The monoisotopic (exact) mass is 335 g/mol. The highest BCUT2D eigenvalue weighted by atomic mass is 32.2. The summed E-state index contributed by atoms with van der Waals surface area (Å²) in [7, 11) is -3.38. The average molecular weight is 335 g/mol. The minimum atomic E-state index is -3.38. The fourth-order valence-electron chi connectivity index (χ4n) is 2.43. The Bertz CT molecular complexity index is 459. The molecule has 1 amide bonds. The van der Waals surface area contributed by atoms with Crippen LogP contribution in [-0.4, -0.2) is 56.9 Å². The fourth-order valence-corrected chi connectivity index (χ4v) is 2.98. The van der Waals surface area contributed by atoms with E-state index in [1.807, 2.05) is 20.8 Å². The molecule has 7 nitrogen and oxygen atoms in total. The van der Waals surface area contributed by atoms with Gasteiger partial charge in [0.05, 0.1) is 5.75 Å². The molecule has 0 aromatic rings. The second-order valence-electron chi connectivity index (χ2n) is 6.86. The Hall–Kier alpha value is -0.860. The Kier molecular flexibility index (Phi) is 7.08. The molecule has 0 aliphatic carbocycles. The topological polar surface area (TPSA) is 102 Å². The van der Waals surface area contributed by atoms with Gasteiger partial charge >= 0.3 is 6.09 Å². The summed E-state index contributed by atoms with van der Waals surface area (Å²) in [6, 6.07) is 0. The van der Waals surface area contributed by atoms with E-state index in [1.54, 1.807) is 4.90 Å². The third-order valence-electron chi connectivity index (χ3n) is 3.39. The smallest absolute Gasteiger partial charge is 0.410 e.